The molecule has 0 aliphatic carbocycles. The molecule has 2 heterocycles. The summed E-state index contributed by atoms with van der Waals surface area (Å²) in [6.45, 7) is 0.965. The highest BCUT2D eigenvalue weighted by Crippen LogP contribution is 2.26. The average Bonchev–Trinajstić information content (AvgIpc) is 2.28. The Morgan fingerprint density at radius 3 is 2.94 bits per heavy atom. The number of hydrogen-bond donors (Lipinski definition) is 2. The molecule has 1 aromatic rings. The van der Waals surface area contributed by atoms with E-state index in [1.54, 1.807) is 4.90 Å². The van der Waals surface area contributed by atoms with Gasteiger partial charge in [0.05, 0.1) is 11.5 Å². The number of nitrogens with one attached hydrogen (secondary N) is 1. The molecule has 0 atom stereocenters. The van der Waals surface area contributed by atoms with Crippen LogP contribution in [-0.2, 0) is 4.79 Å². The van der Waals surface area contributed by atoms with Gasteiger partial charge in [-0.15, -0.1) is 0 Å². The van der Waals surface area contributed by atoms with E-state index in [1.807, 2.05) is 0 Å². The average molecular weight is 237 g/mol. The van der Waals surface area contributed by atoms with E-state index in [-0.39, 0.29) is 29.8 Å². The van der Waals surface area contributed by atoms with E-state index in [0.29, 0.717) is 13.1 Å². The van der Waals surface area contributed by atoms with E-state index in [9.17, 15) is 14.9 Å². The predicted octanol–water partition coefficient (Wildman–Crippen LogP) is -0.492. The molecule has 1 amide bonds. The Balaban J connectivity index is 2.38. The van der Waals surface area contributed by atoms with E-state index >= 15 is 0 Å². The van der Waals surface area contributed by atoms with Gasteiger partial charge in [0.15, 0.2) is 0 Å². The summed E-state index contributed by atoms with van der Waals surface area (Å²) in [7, 11) is 0. The number of nitrogens with two attached hydrogens (primary N) is 1. The Morgan fingerprint density at radius 2 is 2.29 bits per heavy atom. The zero-order valence-corrected chi connectivity index (χ0v) is 8.92. The summed E-state index contributed by atoms with van der Waals surface area (Å²) >= 11 is 0. The van der Waals surface area contributed by atoms with Crippen molar-refractivity contribution in [2.24, 2.45) is 0 Å². The molecule has 3 N–H and O–H groups in total. The van der Waals surface area contributed by atoms with Crippen molar-refractivity contribution in [1.29, 1.82) is 0 Å². The van der Waals surface area contributed by atoms with Crippen LogP contribution in [0.5, 0.6) is 0 Å². The van der Waals surface area contributed by atoms with Crippen LogP contribution in [0.25, 0.3) is 0 Å². The number of rotatable bonds is 2. The Morgan fingerprint density at radius 1 is 1.53 bits per heavy atom. The molecule has 8 heteroatoms. The number of hydrogen-bond acceptors (Lipinski definition) is 6. The molecule has 1 aliphatic rings. The van der Waals surface area contributed by atoms with Crippen molar-refractivity contribution in [2.75, 3.05) is 30.3 Å². The molecule has 0 aromatic carbocycles. The quantitative estimate of drug-likeness (QED) is 0.529. The molecular formula is C9H11N5O3. The van der Waals surface area contributed by atoms with Gasteiger partial charge in [-0.2, -0.15) is 0 Å². The number of nitrogen functional groups attached to an aromatic ring is 1. The Kier molecular flexibility index (Phi) is 2.77. The number of nitro groups is 1. The van der Waals surface area contributed by atoms with Gasteiger partial charge in [-0.1, -0.05) is 0 Å². The maximum Gasteiger partial charge on any atom is 0.311 e. The summed E-state index contributed by atoms with van der Waals surface area (Å²) in [6, 6.07) is 2.66. The molecule has 2 rings (SSSR count). The lowest BCUT2D eigenvalue weighted by Crippen LogP contribution is -2.48. The number of aromatic nitrogens is 1. The molecule has 0 radical (unpaired) electrons. The predicted molar refractivity (Wildman–Crippen MR) is 60.5 cm³/mol. The molecule has 0 spiro atoms. The van der Waals surface area contributed by atoms with Crippen molar-refractivity contribution < 1.29 is 9.72 Å². The van der Waals surface area contributed by atoms with Gasteiger partial charge in [-0.3, -0.25) is 14.9 Å². The standard InChI is InChI=1S/C9H11N5O3/c10-7-2-1-6(14(16)17)9(12-7)13-4-3-11-8(15)5-13/h1-2H,3-5H2,(H2,10,12)(H,11,15). The molecular weight excluding hydrogens is 226 g/mol. The van der Waals surface area contributed by atoms with Crippen LogP contribution in [0.3, 0.4) is 0 Å². The Hall–Kier alpha value is -2.38. The SMILES string of the molecule is Nc1ccc([N+](=O)[O-])c(N2CCNC(=O)C2)n1. The third kappa shape index (κ3) is 2.25. The third-order valence-corrected chi connectivity index (χ3v) is 2.41. The minimum Gasteiger partial charge on any atom is -0.384 e. The molecule has 0 bridgehead atoms. The molecule has 0 saturated carbocycles. The molecule has 8 nitrogen and oxygen atoms in total. The molecule has 1 aromatic heterocycles. The molecule has 1 aliphatic heterocycles. The summed E-state index contributed by atoms with van der Waals surface area (Å²) in [6.07, 6.45) is 0. The topological polar surface area (TPSA) is 114 Å². The van der Waals surface area contributed by atoms with Crippen LogP contribution in [0.15, 0.2) is 12.1 Å². The van der Waals surface area contributed by atoms with Gasteiger partial charge in [-0.05, 0) is 6.07 Å². The second-order valence-electron chi connectivity index (χ2n) is 3.61. The van der Waals surface area contributed by atoms with Crippen molar-refractivity contribution in [3.63, 3.8) is 0 Å². The van der Waals surface area contributed by atoms with Crippen LogP contribution in [-0.4, -0.2) is 35.4 Å². The first-order chi connectivity index (χ1) is 8.08. The van der Waals surface area contributed by atoms with Crippen molar-refractivity contribution in [3.8, 4) is 0 Å². The number of amides is 1. The number of carbonyl (C=O) groups excluding carboxylic acids is 1. The van der Waals surface area contributed by atoms with E-state index in [2.05, 4.69) is 10.3 Å². The second kappa shape index (κ2) is 4.24. The Labute approximate surface area is 96.6 Å². The minimum atomic E-state index is -0.533. The third-order valence-electron chi connectivity index (χ3n) is 2.41. The number of piperazine rings is 1. The first-order valence-corrected chi connectivity index (χ1v) is 5.00. The molecule has 1 saturated heterocycles. The van der Waals surface area contributed by atoms with Crippen LogP contribution >= 0.6 is 0 Å². The van der Waals surface area contributed by atoms with Gasteiger partial charge in [0, 0.05) is 19.2 Å². The first kappa shape index (κ1) is 11.1. The highest BCUT2D eigenvalue weighted by molar-refractivity contribution is 5.83. The minimum absolute atomic E-state index is 0.0529. The fourth-order valence-electron chi connectivity index (χ4n) is 1.65. The normalized spacial score (nSPS) is 15.5. The van der Waals surface area contributed by atoms with Crippen LogP contribution in [0.1, 0.15) is 0 Å². The number of carbonyl (C=O) groups is 1. The van der Waals surface area contributed by atoms with E-state index in [0.717, 1.165) is 0 Å². The van der Waals surface area contributed by atoms with Crippen LogP contribution in [0.2, 0.25) is 0 Å². The van der Waals surface area contributed by atoms with Gasteiger partial charge in [-0.25, -0.2) is 4.98 Å². The highest BCUT2D eigenvalue weighted by atomic mass is 16.6. The lowest BCUT2D eigenvalue weighted by Gasteiger charge is -2.27. The van der Waals surface area contributed by atoms with E-state index < -0.39 is 4.92 Å². The summed E-state index contributed by atoms with van der Waals surface area (Å²) in [5.41, 5.74) is 5.36. The largest absolute Gasteiger partial charge is 0.384 e. The first-order valence-electron chi connectivity index (χ1n) is 5.00. The summed E-state index contributed by atoms with van der Waals surface area (Å²) in [5, 5.41) is 13.5. The van der Waals surface area contributed by atoms with Crippen molar-refractivity contribution >= 4 is 23.2 Å². The summed E-state index contributed by atoms with van der Waals surface area (Å²) in [4.78, 5) is 27.0. The number of anilines is 2. The molecule has 0 unspecified atom stereocenters. The number of pyridine rings is 1. The zero-order chi connectivity index (χ0) is 12.4. The maximum absolute atomic E-state index is 11.2. The van der Waals surface area contributed by atoms with Crippen LogP contribution < -0.4 is 16.0 Å². The smallest absolute Gasteiger partial charge is 0.311 e. The molecule has 90 valence electrons. The van der Waals surface area contributed by atoms with E-state index in [1.165, 1.54) is 12.1 Å². The van der Waals surface area contributed by atoms with Gasteiger partial charge < -0.3 is 16.0 Å². The van der Waals surface area contributed by atoms with Gasteiger partial charge in [0.1, 0.15) is 5.82 Å². The van der Waals surface area contributed by atoms with Crippen LogP contribution in [0, 0.1) is 10.1 Å². The van der Waals surface area contributed by atoms with Crippen LogP contribution in [0.4, 0.5) is 17.3 Å². The zero-order valence-electron chi connectivity index (χ0n) is 8.92. The number of nitrogens with zero attached hydrogens (tertiary/aromatic N) is 3. The lowest BCUT2D eigenvalue weighted by atomic mass is 10.3. The summed E-state index contributed by atoms with van der Waals surface area (Å²) in [5.74, 6) is 0.149. The van der Waals surface area contributed by atoms with Gasteiger partial charge in [0.25, 0.3) is 0 Å². The van der Waals surface area contributed by atoms with Gasteiger partial charge in [0.2, 0.25) is 11.7 Å². The van der Waals surface area contributed by atoms with Gasteiger partial charge >= 0.3 is 5.69 Å². The van der Waals surface area contributed by atoms with Crippen molar-refractivity contribution in [1.82, 2.24) is 10.3 Å². The van der Waals surface area contributed by atoms with Crippen molar-refractivity contribution in [3.05, 3.63) is 22.2 Å². The Bertz CT molecular complexity index is 476. The van der Waals surface area contributed by atoms with Crippen molar-refractivity contribution in [2.45, 2.75) is 0 Å². The highest BCUT2D eigenvalue weighted by Gasteiger charge is 2.25. The fraction of sp³-hybridized carbons (Fsp3) is 0.333. The monoisotopic (exact) mass is 237 g/mol. The lowest BCUT2D eigenvalue weighted by molar-refractivity contribution is -0.384. The maximum atomic E-state index is 11.2. The summed E-state index contributed by atoms with van der Waals surface area (Å²) < 4.78 is 0. The fourth-order valence-corrected chi connectivity index (χ4v) is 1.65. The van der Waals surface area contributed by atoms with E-state index in [4.69, 9.17) is 5.73 Å². The molecule has 1 fully saturated rings. The second-order valence-corrected chi connectivity index (χ2v) is 3.61. The molecule has 17 heavy (non-hydrogen) atoms.